The predicted octanol–water partition coefficient (Wildman–Crippen LogP) is 5.01. The van der Waals surface area contributed by atoms with Gasteiger partial charge in [-0.05, 0) is 18.5 Å². The predicted molar refractivity (Wildman–Crippen MR) is 66.6 cm³/mol. The summed E-state index contributed by atoms with van der Waals surface area (Å²) in [5.41, 5.74) is 0. The molecule has 1 atom stereocenters. The van der Waals surface area contributed by atoms with E-state index in [9.17, 15) is 0 Å². The van der Waals surface area contributed by atoms with Gasteiger partial charge >= 0.3 is 0 Å². The zero-order chi connectivity index (χ0) is 10.2. The number of hydrogen-bond donors (Lipinski definition) is 0. The molecule has 0 nitrogen and oxygen atoms in total. The molecule has 0 aliphatic rings. The number of rotatable bonds is 8. The van der Waals surface area contributed by atoms with Crippen LogP contribution >= 0.6 is 22.7 Å². The molecule has 0 N–H and O–H groups in total. The maximum Gasteiger partial charge on any atom is 0.153 e. The van der Waals surface area contributed by atoms with E-state index in [1.165, 1.54) is 37.8 Å². The van der Waals surface area contributed by atoms with Crippen molar-refractivity contribution in [2.75, 3.05) is 5.88 Å². The lowest BCUT2D eigenvalue weighted by Crippen LogP contribution is -2.21. The smallest absolute Gasteiger partial charge is 0.153 e. The highest BCUT2D eigenvalue weighted by molar-refractivity contribution is 7.19. The monoisotopic (exact) mass is 240 g/mol. The van der Waals surface area contributed by atoms with E-state index in [-0.39, 0.29) is 0 Å². The Balaban J connectivity index is 3.39. The van der Waals surface area contributed by atoms with E-state index in [0.717, 1.165) is 12.3 Å². The van der Waals surface area contributed by atoms with Crippen LogP contribution < -0.4 is 0 Å². The van der Waals surface area contributed by atoms with Crippen molar-refractivity contribution in [2.45, 2.75) is 57.7 Å². The summed E-state index contributed by atoms with van der Waals surface area (Å²) in [6.07, 6.45) is 6.44. The zero-order valence-corrected chi connectivity index (χ0v) is 11.4. The quantitative estimate of drug-likeness (QED) is 0.242. The second-order valence-electron chi connectivity index (χ2n) is 4.02. The van der Waals surface area contributed by atoms with Crippen LogP contribution in [0.3, 0.4) is 0 Å². The highest BCUT2D eigenvalue weighted by Gasteiger charge is 2.22. The lowest BCUT2D eigenvalue weighted by Gasteiger charge is -2.18. The molecule has 0 radical (unpaired) electrons. The third kappa shape index (κ3) is 9.11. The van der Waals surface area contributed by atoms with E-state index >= 15 is 0 Å². The van der Waals surface area contributed by atoms with Gasteiger partial charge in [-0.25, -0.2) is 0 Å². The fraction of sp³-hybridized carbons (Fsp3) is 1.00. The molecule has 0 spiro atoms. The topological polar surface area (TPSA) is 0 Å². The molecular formula is C10H22Cl2Si. The summed E-state index contributed by atoms with van der Waals surface area (Å²) in [5.74, 6) is 0.768. The van der Waals surface area contributed by atoms with Gasteiger partial charge in [0.25, 0.3) is 0 Å². The molecule has 80 valence electrons. The van der Waals surface area contributed by atoms with Crippen molar-refractivity contribution >= 4 is 30.1 Å². The fourth-order valence-electron chi connectivity index (χ4n) is 1.48. The molecule has 0 amide bonds. The zero-order valence-electron chi connectivity index (χ0n) is 8.91. The lowest BCUT2D eigenvalue weighted by atomic mass is 10.2. The molecule has 0 aromatic heterocycles. The largest absolute Gasteiger partial charge is 0.167 e. The third-order valence-corrected chi connectivity index (χ3v) is 6.58. The van der Waals surface area contributed by atoms with Crippen LogP contribution in [-0.4, -0.2) is 13.3 Å². The Morgan fingerprint density at radius 2 is 1.62 bits per heavy atom. The summed E-state index contributed by atoms with van der Waals surface area (Å²) >= 11 is 12.1. The summed E-state index contributed by atoms with van der Waals surface area (Å²) < 4.78 is 0. The molecule has 0 aliphatic carbocycles. The van der Waals surface area contributed by atoms with E-state index in [0.29, 0.717) is 0 Å². The molecule has 1 unspecified atom stereocenters. The molecular weight excluding hydrogens is 219 g/mol. The van der Waals surface area contributed by atoms with Crippen LogP contribution in [0.25, 0.3) is 0 Å². The summed E-state index contributed by atoms with van der Waals surface area (Å²) in [7, 11) is -1.39. The standard InChI is InChI=1S/C10H22Cl2Si/c1-3-4-5-6-9-13(2,12)10-7-8-11/h3-10H2,1-2H3. The molecule has 0 heterocycles. The molecule has 13 heavy (non-hydrogen) atoms. The molecule has 0 saturated heterocycles. The van der Waals surface area contributed by atoms with Crippen molar-refractivity contribution in [1.29, 1.82) is 0 Å². The maximum absolute atomic E-state index is 6.47. The van der Waals surface area contributed by atoms with Crippen molar-refractivity contribution in [2.24, 2.45) is 0 Å². The van der Waals surface area contributed by atoms with E-state index in [4.69, 9.17) is 22.7 Å². The Morgan fingerprint density at radius 1 is 1.00 bits per heavy atom. The van der Waals surface area contributed by atoms with Gasteiger partial charge in [0.1, 0.15) is 0 Å². The van der Waals surface area contributed by atoms with Crippen LogP contribution in [0.1, 0.15) is 39.0 Å². The summed E-state index contributed by atoms with van der Waals surface area (Å²) in [5, 5.41) is 0. The van der Waals surface area contributed by atoms with Crippen molar-refractivity contribution < 1.29 is 0 Å². The molecule has 3 heteroatoms. The second kappa shape index (κ2) is 8.13. The minimum Gasteiger partial charge on any atom is -0.167 e. The van der Waals surface area contributed by atoms with E-state index in [1.54, 1.807) is 0 Å². The van der Waals surface area contributed by atoms with Crippen molar-refractivity contribution in [3.63, 3.8) is 0 Å². The second-order valence-corrected chi connectivity index (χ2v) is 11.0. The molecule has 0 rings (SSSR count). The molecule has 0 aromatic rings. The SMILES string of the molecule is CCCCCC[Si](C)(Cl)CCCCl. The van der Waals surface area contributed by atoms with Crippen molar-refractivity contribution in [1.82, 2.24) is 0 Å². The Bertz CT molecular complexity index is 115. The summed E-state index contributed by atoms with van der Waals surface area (Å²) in [4.78, 5) is 0. The Hall–Kier alpha value is 0.797. The van der Waals surface area contributed by atoms with Gasteiger partial charge < -0.3 is 0 Å². The lowest BCUT2D eigenvalue weighted by molar-refractivity contribution is 0.697. The first kappa shape index (κ1) is 13.8. The highest BCUT2D eigenvalue weighted by atomic mass is 35.6. The van der Waals surface area contributed by atoms with Gasteiger partial charge in [0.15, 0.2) is 7.38 Å². The fourth-order valence-corrected chi connectivity index (χ4v) is 4.79. The average Bonchev–Trinajstić information content (AvgIpc) is 2.09. The van der Waals surface area contributed by atoms with Crippen molar-refractivity contribution in [3.05, 3.63) is 0 Å². The van der Waals surface area contributed by atoms with E-state index in [2.05, 4.69) is 13.5 Å². The highest BCUT2D eigenvalue weighted by Crippen LogP contribution is 2.25. The Kier molecular flexibility index (Phi) is 8.63. The van der Waals surface area contributed by atoms with Gasteiger partial charge in [-0.3, -0.25) is 0 Å². The van der Waals surface area contributed by atoms with E-state index in [1.807, 2.05) is 0 Å². The van der Waals surface area contributed by atoms with Gasteiger partial charge in [-0.1, -0.05) is 39.2 Å². The van der Waals surface area contributed by atoms with Gasteiger partial charge in [-0.2, -0.15) is 11.1 Å². The van der Waals surface area contributed by atoms with Crippen LogP contribution in [-0.2, 0) is 0 Å². The minimum atomic E-state index is -1.39. The number of unbranched alkanes of at least 4 members (excludes halogenated alkanes) is 3. The van der Waals surface area contributed by atoms with Gasteiger partial charge in [0.05, 0.1) is 0 Å². The molecule has 0 aromatic carbocycles. The van der Waals surface area contributed by atoms with Gasteiger partial charge in [0.2, 0.25) is 0 Å². The Morgan fingerprint density at radius 3 is 2.15 bits per heavy atom. The number of alkyl halides is 1. The first-order valence-corrected chi connectivity index (χ1v) is 9.83. The average molecular weight is 241 g/mol. The minimum absolute atomic E-state index is 0.768. The van der Waals surface area contributed by atoms with Crippen molar-refractivity contribution in [3.8, 4) is 0 Å². The molecule has 0 saturated carbocycles. The van der Waals surface area contributed by atoms with Gasteiger partial charge in [0, 0.05) is 5.88 Å². The normalized spacial score (nSPS) is 15.7. The molecule has 0 bridgehead atoms. The first-order valence-electron chi connectivity index (χ1n) is 5.37. The Labute approximate surface area is 93.7 Å². The van der Waals surface area contributed by atoms with Crippen LogP contribution in [0.2, 0.25) is 18.6 Å². The molecule has 0 aliphatic heterocycles. The van der Waals surface area contributed by atoms with Crippen LogP contribution in [0.4, 0.5) is 0 Å². The first-order chi connectivity index (χ1) is 6.12. The van der Waals surface area contributed by atoms with Crippen LogP contribution in [0, 0.1) is 0 Å². The third-order valence-electron chi connectivity index (χ3n) is 2.38. The number of halogens is 2. The van der Waals surface area contributed by atoms with Crippen LogP contribution in [0.5, 0.6) is 0 Å². The van der Waals surface area contributed by atoms with E-state index < -0.39 is 7.38 Å². The maximum atomic E-state index is 6.47. The number of hydrogen-bond acceptors (Lipinski definition) is 0. The molecule has 0 fully saturated rings. The summed E-state index contributed by atoms with van der Waals surface area (Å²) in [6.45, 7) is 4.51. The van der Waals surface area contributed by atoms with Crippen LogP contribution in [0.15, 0.2) is 0 Å². The summed E-state index contributed by atoms with van der Waals surface area (Å²) in [6, 6.07) is 2.45. The van der Waals surface area contributed by atoms with Gasteiger partial charge in [-0.15, -0.1) is 11.6 Å².